The lowest BCUT2D eigenvalue weighted by atomic mass is 10.2. The van der Waals surface area contributed by atoms with Gasteiger partial charge in [-0.25, -0.2) is 9.97 Å². The molecule has 2 rings (SSSR count). The summed E-state index contributed by atoms with van der Waals surface area (Å²) in [5.41, 5.74) is 1.07. The van der Waals surface area contributed by atoms with Crippen LogP contribution in [-0.4, -0.2) is 27.0 Å². The van der Waals surface area contributed by atoms with Gasteiger partial charge >= 0.3 is 0 Å². The average Bonchev–Trinajstić information content (AvgIpc) is 3.03. The zero-order chi connectivity index (χ0) is 15.2. The number of nitrogens with zero attached hydrogens (tertiary/aromatic N) is 3. The third-order valence-corrected chi connectivity index (χ3v) is 4.40. The number of amides is 1. The summed E-state index contributed by atoms with van der Waals surface area (Å²) >= 11 is 1.68. The molecule has 1 atom stereocenters. The molecule has 0 unspecified atom stereocenters. The number of carbonyl (C=O) groups is 1. The fraction of sp³-hybridized carbons (Fsp3) is 0.533. The van der Waals surface area contributed by atoms with Crippen molar-refractivity contribution in [2.45, 2.75) is 46.1 Å². The van der Waals surface area contributed by atoms with E-state index < -0.39 is 0 Å². The van der Waals surface area contributed by atoms with E-state index in [1.54, 1.807) is 17.5 Å². The van der Waals surface area contributed by atoms with Crippen molar-refractivity contribution in [2.75, 3.05) is 6.54 Å². The lowest BCUT2D eigenvalue weighted by Crippen LogP contribution is -2.27. The molecule has 0 spiro atoms. The van der Waals surface area contributed by atoms with Gasteiger partial charge in [0, 0.05) is 48.9 Å². The standard InChI is InChI=1S/C15H22N4OS/c1-11-10-21-15(18-11)5-4-6-17-14(20)9-12(2)19-8-7-16-13(19)3/h7-8,10,12H,4-6,9H2,1-3H3,(H,17,20)/t12-/m0/s1. The molecule has 0 saturated carbocycles. The van der Waals surface area contributed by atoms with Crippen LogP contribution in [0.15, 0.2) is 17.8 Å². The molecule has 0 bridgehead atoms. The molecule has 2 aromatic heterocycles. The number of imidazole rings is 1. The Balaban J connectivity index is 1.67. The van der Waals surface area contributed by atoms with Gasteiger partial charge in [0.2, 0.25) is 5.91 Å². The molecule has 5 nitrogen and oxygen atoms in total. The first-order valence-electron chi connectivity index (χ1n) is 7.23. The normalized spacial score (nSPS) is 12.3. The van der Waals surface area contributed by atoms with Crippen LogP contribution >= 0.6 is 11.3 Å². The van der Waals surface area contributed by atoms with Gasteiger partial charge in [-0.15, -0.1) is 11.3 Å². The van der Waals surface area contributed by atoms with E-state index in [2.05, 4.69) is 20.7 Å². The third kappa shape index (κ3) is 4.67. The number of rotatable bonds is 7. The van der Waals surface area contributed by atoms with Crippen LogP contribution in [0.2, 0.25) is 0 Å². The summed E-state index contributed by atoms with van der Waals surface area (Å²) < 4.78 is 2.03. The van der Waals surface area contributed by atoms with E-state index in [9.17, 15) is 4.79 Å². The van der Waals surface area contributed by atoms with Gasteiger partial charge in [0.1, 0.15) is 5.82 Å². The summed E-state index contributed by atoms with van der Waals surface area (Å²) in [6.45, 7) is 6.69. The molecular weight excluding hydrogens is 284 g/mol. The van der Waals surface area contributed by atoms with Crippen LogP contribution in [0.1, 0.15) is 42.3 Å². The molecule has 1 N–H and O–H groups in total. The van der Waals surface area contributed by atoms with Gasteiger partial charge < -0.3 is 9.88 Å². The molecule has 2 aromatic rings. The number of hydrogen-bond acceptors (Lipinski definition) is 4. The van der Waals surface area contributed by atoms with Crippen molar-refractivity contribution in [3.8, 4) is 0 Å². The minimum atomic E-state index is 0.0888. The van der Waals surface area contributed by atoms with Crippen molar-refractivity contribution in [3.05, 3.63) is 34.3 Å². The molecule has 114 valence electrons. The number of aryl methyl sites for hydroxylation is 3. The van der Waals surface area contributed by atoms with E-state index in [1.807, 2.05) is 31.5 Å². The summed E-state index contributed by atoms with van der Waals surface area (Å²) in [5.74, 6) is 1.03. The maximum absolute atomic E-state index is 11.9. The molecule has 6 heteroatoms. The van der Waals surface area contributed by atoms with Gasteiger partial charge in [0.05, 0.1) is 5.01 Å². The lowest BCUT2D eigenvalue weighted by molar-refractivity contribution is -0.121. The van der Waals surface area contributed by atoms with Crippen molar-refractivity contribution < 1.29 is 4.79 Å². The van der Waals surface area contributed by atoms with Crippen molar-refractivity contribution in [1.82, 2.24) is 19.9 Å². The number of thiazole rings is 1. The Bertz CT molecular complexity index is 590. The maximum Gasteiger partial charge on any atom is 0.222 e. The molecule has 0 fully saturated rings. The van der Waals surface area contributed by atoms with Crippen LogP contribution in [0.3, 0.4) is 0 Å². The fourth-order valence-corrected chi connectivity index (χ4v) is 3.10. The second-order valence-electron chi connectivity index (χ2n) is 5.27. The highest BCUT2D eigenvalue weighted by Crippen LogP contribution is 2.13. The highest BCUT2D eigenvalue weighted by atomic mass is 32.1. The van der Waals surface area contributed by atoms with E-state index in [0.717, 1.165) is 29.4 Å². The molecule has 0 aliphatic heterocycles. The molecule has 1 amide bonds. The zero-order valence-electron chi connectivity index (χ0n) is 12.8. The molecule has 0 aliphatic rings. The quantitative estimate of drug-likeness (QED) is 0.800. The summed E-state index contributed by atoms with van der Waals surface area (Å²) in [5, 5.41) is 6.18. The molecule has 0 radical (unpaired) electrons. The first-order chi connectivity index (χ1) is 10.1. The first-order valence-corrected chi connectivity index (χ1v) is 8.11. The van der Waals surface area contributed by atoms with Crippen LogP contribution in [0, 0.1) is 13.8 Å². The van der Waals surface area contributed by atoms with Gasteiger partial charge in [-0.1, -0.05) is 0 Å². The Labute approximate surface area is 129 Å². The number of hydrogen-bond donors (Lipinski definition) is 1. The molecular formula is C15H22N4OS. The first kappa shape index (κ1) is 15.7. The molecule has 0 aromatic carbocycles. The van der Waals surface area contributed by atoms with Gasteiger partial charge in [0.25, 0.3) is 0 Å². The van der Waals surface area contributed by atoms with E-state index in [0.29, 0.717) is 13.0 Å². The Kier molecular flexibility index (Phi) is 5.50. The van der Waals surface area contributed by atoms with Crippen LogP contribution in [0.25, 0.3) is 0 Å². The van der Waals surface area contributed by atoms with Gasteiger partial charge in [0.15, 0.2) is 0 Å². The molecule has 0 saturated heterocycles. The number of nitrogens with one attached hydrogen (secondary N) is 1. The molecule has 21 heavy (non-hydrogen) atoms. The van der Waals surface area contributed by atoms with Gasteiger partial charge in [-0.05, 0) is 27.2 Å². The number of aromatic nitrogens is 3. The topological polar surface area (TPSA) is 59.8 Å². The monoisotopic (exact) mass is 306 g/mol. The number of carbonyl (C=O) groups excluding carboxylic acids is 1. The van der Waals surface area contributed by atoms with Crippen LogP contribution in [0.5, 0.6) is 0 Å². The Morgan fingerprint density at radius 2 is 2.29 bits per heavy atom. The van der Waals surface area contributed by atoms with Gasteiger partial charge in [-0.3, -0.25) is 4.79 Å². The van der Waals surface area contributed by atoms with Gasteiger partial charge in [-0.2, -0.15) is 0 Å². The van der Waals surface area contributed by atoms with Crippen molar-refractivity contribution in [2.24, 2.45) is 0 Å². The highest BCUT2D eigenvalue weighted by molar-refractivity contribution is 7.09. The minimum absolute atomic E-state index is 0.0888. The summed E-state index contributed by atoms with van der Waals surface area (Å²) in [7, 11) is 0. The Morgan fingerprint density at radius 3 is 2.90 bits per heavy atom. The fourth-order valence-electron chi connectivity index (χ4n) is 2.28. The predicted molar refractivity (Wildman–Crippen MR) is 84.5 cm³/mol. The molecule has 0 aliphatic carbocycles. The van der Waals surface area contributed by atoms with Crippen molar-refractivity contribution in [1.29, 1.82) is 0 Å². The smallest absolute Gasteiger partial charge is 0.222 e. The molecule has 2 heterocycles. The second kappa shape index (κ2) is 7.36. The van der Waals surface area contributed by atoms with E-state index in [4.69, 9.17) is 0 Å². The highest BCUT2D eigenvalue weighted by Gasteiger charge is 2.11. The van der Waals surface area contributed by atoms with Crippen LogP contribution in [-0.2, 0) is 11.2 Å². The third-order valence-electron chi connectivity index (χ3n) is 3.37. The van der Waals surface area contributed by atoms with Crippen LogP contribution in [0.4, 0.5) is 0 Å². The summed E-state index contributed by atoms with van der Waals surface area (Å²) in [6.07, 6.45) is 6.01. The predicted octanol–water partition coefficient (Wildman–Crippen LogP) is 2.66. The van der Waals surface area contributed by atoms with Crippen molar-refractivity contribution in [3.63, 3.8) is 0 Å². The van der Waals surface area contributed by atoms with Crippen molar-refractivity contribution >= 4 is 17.2 Å². The summed E-state index contributed by atoms with van der Waals surface area (Å²) in [4.78, 5) is 20.5. The largest absolute Gasteiger partial charge is 0.356 e. The van der Waals surface area contributed by atoms with E-state index >= 15 is 0 Å². The minimum Gasteiger partial charge on any atom is -0.356 e. The Morgan fingerprint density at radius 1 is 1.48 bits per heavy atom. The lowest BCUT2D eigenvalue weighted by Gasteiger charge is -2.14. The van der Waals surface area contributed by atoms with E-state index in [-0.39, 0.29) is 11.9 Å². The second-order valence-corrected chi connectivity index (χ2v) is 6.21. The zero-order valence-corrected chi connectivity index (χ0v) is 13.6. The average molecular weight is 306 g/mol. The SMILES string of the molecule is Cc1csc(CCCNC(=O)C[C@H](C)n2ccnc2C)n1. The van der Waals surface area contributed by atoms with Crippen LogP contribution < -0.4 is 5.32 Å². The summed E-state index contributed by atoms with van der Waals surface area (Å²) in [6, 6.07) is 0.133. The van der Waals surface area contributed by atoms with E-state index in [1.165, 1.54) is 0 Å². The maximum atomic E-state index is 11.9. The Hall–Kier alpha value is -1.69.